The van der Waals surface area contributed by atoms with Crippen molar-refractivity contribution in [2.75, 3.05) is 18.2 Å². The monoisotopic (exact) mass is 260 g/mol. The van der Waals surface area contributed by atoms with Crippen LogP contribution >= 0.6 is 0 Å². The molecule has 0 aliphatic heterocycles. The first-order chi connectivity index (χ1) is 7.75. The van der Waals surface area contributed by atoms with Gasteiger partial charge in [0, 0.05) is 13.0 Å². The molecule has 0 spiro atoms. The summed E-state index contributed by atoms with van der Waals surface area (Å²) < 4.78 is 36.1. The molecule has 0 aliphatic carbocycles. The number of anilines is 2. The second-order valence-electron chi connectivity index (χ2n) is 3.25. The average molecular weight is 260 g/mol. The van der Waals surface area contributed by atoms with Crippen molar-refractivity contribution in [1.82, 2.24) is 0 Å². The van der Waals surface area contributed by atoms with Crippen molar-refractivity contribution < 1.29 is 22.5 Å². The molecule has 0 radical (unpaired) electrons. The maximum absolute atomic E-state index is 11.1. The summed E-state index contributed by atoms with van der Waals surface area (Å²) >= 11 is 0. The zero-order chi connectivity index (χ0) is 13.2. The second kappa shape index (κ2) is 4.60. The lowest BCUT2D eigenvalue weighted by atomic mass is 10.2. The Morgan fingerprint density at radius 1 is 1.47 bits per heavy atom. The van der Waals surface area contributed by atoms with Crippen LogP contribution in [-0.4, -0.2) is 26.0 Å². The Morgan fingerprint density at radius 2 is 2.06 bits per heavy atom. The Morgan fingerprint density at radius 3 is 2.47 bits per heavy atom. The summed E-state index contributed by atoms with van der Waals surface area (Å²) in [6.45, 7) is 1.20. The zero-order valence-electron chi connectivity index (χ0n) is 9.22. The molecular weight excluding hydrogens is 248 g/mol. The minimum Gasteiger partial charge on any atom is -0.495 e. The predicted octanol–water partition coefficient (Wildman–Crippen LogP) is 0.482. The van der Waals surface area contributed by atoms with Crippen LogP contribution in [0.5, 0.6) is 5.75 Å². The van der Waals surface area contributed by atoms with Crippen LogP contribution < -0.4 is 15.8 Å². The number of hydrogen-bond acceptors (Lipinski definition) is 5. The zero-order valence-corrected chi connectivity index (χ0v) is 10.0. The van der Waals surface area contributed by atoms with Gasteiger partial charge < -0.3 is 15.8 Å². The number of nitrogen functional groups attached to an aromatic ring is 1. The Kier molecular flexibility index (Phi) is 3.59. The summed E-state index contributed by atoms with van der Waals surface area (Å²) in [7, 11) is -3.13. The molecule has 94 valence electrons. The van der Waals surface area contributed by atoms with Gasteiger partial charge in [-0.3, -0.25) is 9.35 Å². The van der Waals surface area contributed by atoms with Crippen molar-refractivity contribution in [3.05, 3.63) is 12.1 Å². The van der Waals surface area contributed by atoms with Crippen LogP contribution in [0.3, 0.4) is 0 Å². The topological polar surface area (TPSA) is 119 Å². The maximum Gasteiger partial charge on any atom is 0.296 e. The molecule has 1 aromatic carbocycles. The minimum atomic E-state index is -4.48. The van der Waals surface area contributed by atoms with Gasteiger partial charge in [-0.1, -0.05) is 0 Å². The van der Waals surface area contributed by atoms with Crippen molar-refractivity contribution in [3.8, 4) is 5.75 Å². The van der Waals surface area contributed by atoms with E-state index in [-0.39, 0.29) is 17.1 Å². The number of hydrogen-bond donors (Lipinski definition) is 3. The van der Waals surface area contributed by atoms with Gasteiger partial charge in [0.25, 0.3) is 10.1 Å². The van der Waals surface area contributed by atoms with E-state index in [1.807, 2.05) is 0 Å². The number of amides is 1. The number of ether oxygens (including phenoxy) is 1. The van der Waals surface area contributed by atoms with Gasteiger partial charge in [0.2, 0.25) is 5.91 Å². The van der Waals surface area contributed by atoms with E-state index in [1.165, 1.54) is 20.1 Å². The van der Waals surface area contributed by atoms with Gasteiger partial charge in [-0.2, -0.15) is 8.42 Å². The Balaban J connectivity index is 3.47. The lowest BCUT2D eigenvalue weighted by Gasteiger charge is -2.11. The highest BCUT2D eigenvalue weighted by molar-refractivity contribution is 7.86. The molecule has 17 heavy (non-hydrogen) atoms. The van der Waals surface area contributed by atoms with Crippen molar-refractivity contribution in [1.29, 1.82) is 0 Å². The van der Waals surface area contributed by atoms with E-state index in [9.17, 15) is 13.2 Å². The molecule has 4 N–H and O–H groups in total. The predicted molar refractivity (Wildman–Crippen MR) is 61.5 cm³/mol. The van der Waals surface area contributed by atoms with E-state index in [0.29, 0.717) is 0 Å². The molecule has 0 unspecified atom stereocenters. The molecule has 0 atom stereocenters. The highest BCUT2D eigenvalue weighted by Crippen LogP contribution is 2.32. The van der Waals surface area contributed by atoms with Crippen molar-refractivity contribution >= 4 is 27.4 Å². The van der Waals surface area contributed by atoms with Crippen molar-refractivity contribution in [3.63, 3.8) is 0 Å². The van der Waals surface area contributed by atoms with Gasteiger partial charge in [-0.05, 0) is 6.07 Å². The number of nitrogens with two attached hydrogens (primary N) is 1. The lowest BCUT2D eigenvalue weighted by molar-refractivity contribution is -0.114. The van der Waals surface area contributed by atoms with Crippen LogP contribution in [0.4, 0.5) is 11.4 Å². The maximum atomic E-state index is 11.1. The number of methoxy groups -OCH3 is 1. The van der Waals surface area contributed by atoms with E-state index in [2.05, 4.69) is 5.32 Å². The average Bonchev–Trinajstić information content (AvgIpc) is 2.17. The van der Waals surface area contributed by atoms with Crippen LogP contribution in [0.2, 0.25) is 0 Å². The number of nitrogens with one attached hydrogen (secondary N) is 1. The fourth-order valence-corrected chi connectivity index (χ4v) is 1.92. The lowest BCUT2D eigenvalue weighted by Crippen LogP contribution is -2.11. The largest absolute Gasteiger partial charge is 0.495 e. The molecular formula is C9H12N2O5S. The summed E-state index contributed by atoms with van der Waals surface area (Å²) in [6.07, 6.45) is 0. The van der Waals surface area contributed by atoms with Crippen LogP contribution in [0, 0.1) is 0 Å². The molecule has 1 rings (SSSR count). The number of rotatable bonds is 3. The number of benzene rings is 1. The standard InChI is InChI=1S/C9H12N2O5S/c1-5(12)11-7-4-8(16-2)6(10)3-9(7)17(13,14)15/h3-4H,10H2,1-2H3,(H,11,12)(H,13,14,15). The van der Waals surface area contributed by atoms with Gasteiger partial charge in [-0.25, -0.2) is 0 Å². The molecule has 0 fully saturated rings. The highest BCUT2D eigenvalue weighted by atomic mass is 32.2. The molecule has 0 heterocycles. The molecule has 0 saturated carbocycles. The molecule has 1 amide bonds. The van der Waals surface area contributed by atoms with Crippen LogP contribution in [-0.2, 0) is 14.9 Å². The van der Waals surface area contributed by atoms with E-state index in [4.69, 9.17) is 15.0 Å². The molecule has 8 heteroatoms. The summed E-state index contributed by atoms with van der Waals surface area (Å²) in [4.78, 5) is 10.4. The van der Waals surface area contributed by atoms with E-state index in [0.717, 1.165) is 6.07 Å². The number of carbonyl (C=O) groups is 1. The Labute approximate surface area is 98.3 Å². The van der Waals surface area contributed by atoms with Crippen LogP contribution in [0.15, 0.2) is 17.0 Å². The first-order valence-electron chi connectivity index (χ1n) is 4.48. The van der Waals surface area contributed by atoms with Gasteiger partial charge in [0.05, 0.1) is 18.5 Å². The third-order valence-corrected chi connectivity index (χ3v) is 2.81. The SMILES string of the molecule is COc1cc(NC(C)=O)c(S(=O)(=O)O)cc1N. The Bertz CT molecular complexity index is 553. The summed E-state index contributed by atoms with van der Waals surface area (Å²) in [5.74, 6) is -0.289. The third kappa shape index (κ3) is 3.08. The van der Waals surface area contributed by atoms with Crippen LogP contribution in [0.25, 0.3) is 0 Å². The quantitative estimate of drug-likeness (QED) is 0.537. The van der Waals surface area contributed by atoms with E-state index < -0.39 is 20.9 Å². The molecule has 0 aliphatic rings. The van der Waals surface area contributed by atoms with E-state index in [1.54, 1.807) is 0 Å². The molecule has 7 nitrogen and oxygen atoms in total. The first-order valence-corrected chi connectivity index (χ1v) is 5.92. The molecule has 0 aromatic heterocycles. The van der Waals surface area contributed by atoms with Gasteiger partial charge >= 0.3 is 0 Å². The minimum absolute atomic E-state index is 0.0363. The van der Waals surface area contributed by atoms with Crippen LogP contribution in [0.1, 0.15) is 6.92 Å². The van der Waals surface area contributed by atoms with E-state index >= 15 is 0 Å². The normalized spacial score (nSPS) is 11.0. The van der Waals surface area contributed by atoms with Gasteiger partial charge in [-0.15, -0.1) is 0 Å². The highest BCUT2D eigenvalue weighted by Gasteiger charge is 2.19. The second-order valence-corrected chi connectivity index (χ2v) is 4.64. The third-order valence-electron chi connectivity index (χ3n) is 1.92. The summed E-state index contributed by atoms with van der Waals surface area (Å²) in [5, 5.41) is 2.27. The summed E-state index contributed by atoms with van der Waals surface area (Å²) in [5.41, 5.74) is 5.46. The summed E-state index contributed by atoms with van der Waals surface area (Å²) in [6, 6.07) is 2.24. The fourth-order valence-electron chi connectivity index (χ4n) is 1.25. The van der Waals surface area contributed by atoms with Crippen molar-refractivity contribution in [2.24, 2.45) is 0 Å². The Hall–Kier alpha value is -1.80. The van der Waals surface area contributed by atoms with Crippen molar-refractivity contribution in [2.45, 2.75) is 11.8 Å². The smallest absolute Gasteiger partial charge is 0.296 e. The van der Waals surface area contributed by atoms with Gasteiger partial charge in [0.1, 0.15) is 10.6 Å². The molecule has 1 aromatic rings. The fraction of sp³-hybridized carbons (Fsp3) is 0.222. The first kappa shape index (κ1) is 13.3. The molecule has 0 saturated heterocycles. The molecule has 0 bridgehead atoms. The van der Waals surface area contributed by atoms with Gasteiger partial charge in [0.15, 0.2) is 0 Å². The number of carbonyl (C=O) groups excluding carboxylic acids is 1.